The van der Waals surface area contributed by atoms with Gasteiger partial charge in [-0.15, -0.1) is 0 Å². The Kier molecular flexibility index (Phi) is 7.59. The lowest BCUT2D eigenvalue weighted by Gasteiger charge is -2.31. The van der Waals surface area contributed by atoms with Gasteiger partial charge < -0.3 is 14.6 Å². The van der Waals surface area contributed by atoms with Gasteiger partial charge in [0.2, 0.25) is 0 Å². The summed E-state index contributed by atoms with van der Waals surface area (Å²) in [6, 6.07) is 8.46. The van der Waals surface area contributed by atoms with E-state index in [1.807, 2.05) is 0 Å². The van der Waals surface area contributed by atoms with Gasteiger partial charge in [0.15, 0.2) is 11.5 Å². The van der Waals surface area contributed by atoms with E-state index >= 15 is 0 Å². The van der Waals surface area contributed by atoms with Crippen molar-refractivity contribution in [2.24, 2.45) is 0 Å². The lowest BCUT2D eigenvalue weighted by atomic mass is 10.0. The van der Waals surface area contributed by atoms with Crippen molar-refractivity contribution in [2.75, 3.05) is 6.61 Å². The number of carboxylic acid groups (broad SMARTS) is 1. The molecule has 36 heavy (non-hydrogen) atoms. The SMILES string of the molecule is CCOc1cc(/C=C2\C(=O)NC(=O)N(C3CCCC3)C2=O)cc(Cl)c1OCc1ccc(C(=O)O)cc1. The topological polar surface area (TPSA) is 122 Å². The van der Waals surface area contributed by atoms with Crippen LogP contribution in [0, 0.1) is 0 Å². The van der Waals surface area contributed by atoms with Crippen LogP contribution >= 0.6 is 11.6 Å². The minimum atomic E-state index is -1.02. The number of aromatic carboxylic acids is 1. The molecule has 2 N–H and O–H groups in total. The van der Waals surface area contributed by atoms with E-state index in [0.717, 1.165) is 23.3 Å². The average Bonchev–Trinajstić information content (AvgIpc) is 3.36. The van der Waals surface area contributed by atoms with E-state index in [2.05, 4.69) is 5.32 Å². The Balaban J connectivity index is 1.59. The summed E-state index contributed by atoms with van der Waals surface area (Å²) >= 11 is 6.49. The fraction of sp³-hybridized carbons (Fsp3) is 0.308. The van der Waals surface area contributed by atoms with Gasteiger partial charge in [0.05, 0.1) is 17.2 Å². The molecule has 1 aliphatic heterocycles. The molecule has 2 fully saturated rings. The molecule has 1 aliphatic carbocycles. The van der Waals surface area contributed by atoms with Crippen LogP contribution in [-0.2, 0) is 16.2 Å². The van der Waals surface area contributed by atoms with E-state index in [4.69, 9.17) is 26.2 Å². The number of nitrogens with zero attached hydrogens (tertiary/aromatic N) is 1. The van der Waals surface area contributed by atoms with E-state index in [9.17, 15) is 19.2 Å². The van der Waals surface area contributed by atoms with E-state index in [0.29, 0.717) is 30.8 Å². The van der Waals surface area contributed by atoms with Gasteiger partial charge >= 0.3 is 12.0 Å². The normalized spacial score (nSPS) is 17.4. The summed E-state index contributed by atoms with van der Waals surface area (Å²) in [5.41, 5.74) is 1.16. The molecule has 9 nitrogen and oxygen atoms in total. The quantitative estimate of drug-likeness (QED) is 0.396. The summed E-state index contributed by atoms with van der Waals surface area (Å²) in [6.07, 6.45) is 4.66. The Morgan fingerprint density at radius 1 is 1.14 bits per heavy atom. The molecule has 1 heterocycles. The minimum absolute atomic E-state index is 0.111. The molecule has 2 aromatic carbocycles. The zero-order chi connectivity index (χ0) is 25.8. The van der Waals surface area contributed by atoms with Crippen molar-refractivity contribution in [2.45, 2.75) is 45.3 Å². The smallest absolute Gasteiger partial charge is 0.335 e. The molecule has 0 bridgehead atoms. The monoisotopic (exact) mass is 512 g/mol. The number of urea groups is 1. The highest BCUT2D eigenvalue weighted by molar-refractivity contribution is 6.33. The van der Waals surface area contributed by atoms with Gasteiger partial charge in [-0.2, -0.15) is 0 Å². The number of carbonyl (C=O) groups is 4. The number of halogens is 1. The van der Waals surface area contributed by atoms with Gasteiger partial charge in [-0.25, -0.2) is 9.59 Å². The van der Waals surface area contributed by atoms with Crippen LogP contribution in [0.1, 0.15) is 54.1 Å². The number of nitrogens with one attached hydrogen (secondary N) is 1. The summed E-state index contributed by atoms with van der Waals surface area (Å²) in [4.78, 5) is 50.1. The zero-order valence-electron chi connectivity index (χ0n) is 19.6. The van der Waals surface area contributed by atoms with E-state index in [1.165, 1.54) is 24.3 Å². The maximum Gasteiger partial charge on any atom is 0.335 e. The average molecular weight is 513 g/mol. The molecule has 4 rings (SSSR count). The van der Waals surface area contributed by atoms with Crippen LogP contribution in [0.5, 0.6) is 11.5 Å². The zero-order valence-corrected chi connectivity index (χ0v) is 20.3. The first kappa shape index (κ1) is 25.2. The van der Waals surface area contributed by atoms with Crippen LogP contribution in [0.25, 0.3) is 6.08 Å². The second-order valence-electron chi connectivity index (χ2n) is 8.48. The lowest BCUT2D eigenvalue weighted by molar-refractivity contribution is -0.131. The van der Waals surface area contributed by atoms with Crippen molar-refractivity contribution in [3.63, 3.8) is 0 Å². The number of amides is 4. The molecular weight excluding hydrogens is 488 g/mol. The summed E-state index contributed by atoms with van der Waals surface area (Å²) in [5.74, 6) is -1.83. The number of rotatable bonds is 8. The van der Waals surface area contributed by atoms with Crippen LogP contribution in [0.4, 0.5) is 4.79 Å². The Hall–Kier alpha value is -3.85. The predicted molar refractivity (Wildman–Crippen MR) is 131 cm³/mol. The first-order valence-electron chi connectivity index (χ1n) is 11.6. The third kappa shape index (κ3) is 5.36. The largest absolute Gasteiger partial charge is 0.490 e. The summed E-state index contributed by atoms with van der Waals surface area (Å²) in [7, 11) is 0. The van der Waals surface area contributed by atoms with Gasteiger partial charge in [-0.1, -0.05) is 36.6 Å². The molecule has 0 atom stereocenters. The van der Waals surface area contributed by atoms with Crippen LogP contribution in [-0.4, -0.2) is 46.5 Å². The maximum absolute atomic E-state index is 13.1. The minimum Gasteiger partial charge on any atom is -0.490 e. The highest BCUT2D eigenvalue weighted by atomic mass is 35.5. The van der Waals surface area contributed by atoms with Crippen molar-refractivity contribution >= 4 is 41.5 Å². The standard InChI is InChI=1S/C26H25ClN2O7/c1-2-35-21-13-16(11-19-23(30)28-26(34)29(24(19)31)18-5-3-4-6-18)12-20(27)22(21)36-14-15-7-9-17(10-8-15)25(32)33/h7-13,18H,2-6,14H2,1H3,(H,32,33)(H,28,30,34)/b19-11+. The van der Waals surface area contributed by atoms with E-state index in [-0.39, 0.29) is 34.6 Å². The molecule has 0 aromatic heterocycles. The number of barbiturate groups is 1. The summed E-state index contributed by atoms with van der Waals surface area (Å²) < 4.78 is 11.6. The molecule has 1 saturated heterocycles. The number of hydrogen-bond acceptors (Lipinski definition) is 6. The lowest BCUT2D eigenvalue weighted by Crippen LogP contribution is -2.57. The molecule has 4 amide bonds. The number of carbonyl (C=O) groups excluding carboxylic acids is 3. The number of ether oxygens (including phenoxy) is 2. The van der Waals surface area contributed by atoms with Gasteiger partial charge in [0, 0.05) is 6.04 Å². The predicted octanol–water partition coefficient (Wildman–Crippen LogP) is 4.42. The molecule has 0 spiro atoms. The number of benzene rings is 2. The maximum atomic E-state index is 13.1. The van der Waals surface area contributed by atoms with Gasteiger partial charge in [-0.3, -0.25) is 19.8 Å². The van der Waals surface area contributed by atoms with Crippen LogP contribution in [0.2, 0.25) is 5.02 Å². The Labute approximate surface area is 212 Å². The Bertz CT molecular complexity index is 1230. The third-order valence-corrected chi connectivity index (χ3v) is 6.33. The molecule has 188 valence electrons. The number of carboxylic acids is 1. The first-order chi connectivity index (χ1) is 17.3. The van der Waals surface area contributed by atoms with Crippen molar-refractivity contribution < 1.29 is 33.8 Å². The van der Waals surface area contributed by atoms with Crippen LogP contribution in [0.15, 0.2) is 42.0 Å². The van der Waals surface area contributed by atoms with Gasteiger partial charge in [0.1, 0.15) is 12.2 Å². The van der Waals surface area contributed by atoms with E-state index in [1.54, 1.807) is 25.1 Å². The van der Waals surface area contributed by atoms with Crippen molar-refractivity contribution in [1.82, 2.24) is 10.2 Å². The van der Waals surface area contributed by atoms with E-state index < -0.39 is 23.8 Å². The van der Waals surface area contributed by atoms with Crippen molar-refractivity contribution in [3.8, 4) is 11.5 Å². The number of imide groups is 2. The molecule has 1 saturated carbocycles. The van der Waals surface area contributed by atoms with Crippen LogP contribution in [0.3, 0.4) is 0 Å². The van der Waals surface area contributed by atoms with Crippen LogP contribution < -0.4 is 14.8 Å². The molecule has 10 heteroatoms. The summed E-state index contributed by atoms with van der Waals surface area (Å²) in [5, 5.41) is 11.5. The van der Waals surface area contributed by atoms with Gasteiger partial charge in [0.25, 0.3) is 11.8 Å². The fourth-order valence-corrected chi connectivity index (χ4v) is 4.58. The molecule has 0 radical (unpaired) electrons. The van der Waals surface area contributed by atoms with Crippen molar-refractivity contribution in [3.05, 3.63) is 63.7 Å². The highest BCUT2D eigenvalue weighted by Crippen LogP contribution is 2.38. The molecular formula is C26H25ClN2O7. The molecule has 2 aromatic rings. The third-order valence-electron chi connectivity index (χ3n) is 6.05. The van der Waals surface area contributed by atoms with Crippen molar-refractivity contribution in [1.29, 1.82) is 0 Å². The first-order valence-corrected chi connectivity index (χ1v) is 12.0. The summed E-state index contributed by atoms with van der Waals surface area (Å²) in [6.45, 7) is 2.21. The second kappa shape index (κ2) is 10.8. The van der Waals surface area contributed by atoms with Gasteiger partial charge in [-0.05, 0) is 61.2 Å². The molecule has 0 unspecified atom stereocenters. The highest BCUT2D eigenvalue weighted by Gasteiger charge is 2.40. The fourth-order valence-electron chi connectivity index (χ4n) is 4.31. The molecule has 2 aliphatic rings. The second-order valence-corrected chi connectivity index (χ2v) is 8.89. The Morgan fingerprint density at radius 3 is 2.47 bits per heavy atom. The Morgan fingerprint density at radius 2 is 1.83 bits per heavy atom. The number of hydrogen-bond donors (Lipinski definition) is 2.